The quantitative estimate of drug-likeness (QED) is 0.573. The molecule has 1 fully saturated rings. The molecule has 9 nitrogen and oxygen atoms in total. The van der Waals surface area contributed by atoms with Crippen molar-refractivity contribution in [1.82, 2.24) is 9.97 Å². The second kappa shape index (κ2) is 10.2. The maximum Gasteiger partial charge on any atom is 0.247 e. The first kappa shape index (κ1) is 24.9. The summed E-state index contributed by atoms with van der Waals surface area (Å²) >= 11 is 0. The fourth-order valence-electron chi connectivity index (χ4n) is 5.15. The molecule has 1 aliphatic heterocycles. The highest BCUT2D eigenvalue weighted by Crippen LogP contribution is 2.42. The Morgan fingerprint density at radius 1 is 1.06 bits per heavy atom. The first-order valence-corrected chi connectivity index (χ1v) is 12.1. The number of hydrogen-bond acceptors (Lipinski definition) is 8. The van der Waals surface area contributed by atoms with Crippen molar-refractivity contribution in [1.29, 1.82) is 0 Å². The zero-order valence-electron chi connectivity index (χ0n) is 21.7. The molecule has 0 bridgehead atoms. The number of anilines is 2. The van der Waals surface area contributed by atoms with E-state index in [4.69, 9.17) is 28.9 Å². The van der Waals surface area contributed by atoms with Gasteiger partial charge in [0.05, 0.1) is 33.6 Å². The molecule has 35 heavy (non-hydrogen) atoms. The molecule has 1 atom stereocenters. The monoisotopic (exact) mass is 484 g/mol. The Morgan fingerprint density at radius 3 is 2.29 bits per heavy atom. The molecule has 1 aromatic heterocycles. The molecule has 2 aromatic rings. The van der Waals surface area contributed by atoms with E-state index in [1.807, 2.05) is 31.0 Å². The summed E-state index contributed by atoms with van der Waals surface area (Å²) in [6.07, 6.45) is 2.94. The van der Waals surface area contributed by atoms with Crippen molar-refractivity contribution in [2.45, 2.75) is 46.1 Å². The van der Waals surface area contributed by atoms with Gasteiger partial charge >= 0.3 is 0 Å². The molecule has 1 saturated carbocycles. The van der Waals surface area contributed by atoms with E-state index in [1.54, 1.807) is 21.3 Å². The molecular formula is C26H36N4O5. The van der Waals surface area contributed by atoms with Gasteiger partial charge in [-0.1, -0.05) is 13.8 Å². The van der Waals surface area contributed by atoms with Crippen molar-refractivity contribution < 1.29 is 23.7 Å². The molecule has 9 heteroatoms. The molecule has 0 spiro atoms. The average molecular weight is 485 g/mol. The molecule has 2 heterocycles. The lowest BCUT2D eigenvalue weighted by Gasteiger charge is -2.38. The van der Waals surface area contributed by atoms with Crippen LogP contribution in [-0.4, -0.2) is 56.9 Å². The maximum atomic E-state index is 12.5. The number of likely N-dealkylation sites (N-methyl/N-ethyl adjacent to an activating group) is 1. The van der Waals surface area contributed by atoms with Crippen molar-refractivity contribution in [2.24, 2.45) is 17.8 Å². The van der Waals surface area contributed by atoms with E-state index in [1.165, 1.54) is 0 Å². The van der Waals surface area contributed by atoms with Crippen molar-refractivity contribution in [3.63, 3.8) is 0 Å². The molecule has 0 radical (unpaired) electrons. The summed E-state index contributed by atoms with van der Waals surface area (Å²) < 4.78 is 22.2. The number of carbonyl (C=O) groups excluding carboxylic acids is 1. The summed E-state index contributed by atoms with van der Waals surface area (Å²) in [4.78, 5) is 24.1. The predicted octanol–water partition coefficient (Wildman–Crippen LogP) is 3.87. The van der Waals surface area contributed by atoms with E-state index in [0.29, 0.717) is 41.4 Å². The molecule has 1 N–H and O–H groups in total. The average Bonchev–Trinajstić information content (AvgIpc) is 2.80. The topological polar surface area (TPSA) is 95.0 Å². The van der Waals surface area contributed by atoms with Gasteiger partial charge in [0.2, 0.25) is 11.7 Å². The molecular weight excluding hydrogens is 448 g/mol. The molecule has 0 saturated heterocycles. The van der Waals surface area contributed by atoms with Crippen LogP contribution < -0.4 is 29.2 Å². The lowest BCUT2D eigenvalue weighted by molar-refractivity contribution is -0.118. The molecule has 2 aliphatic rings. The Kier molecular flexibility index (Phi) is 7.23. The Morgan fingerprint density at radius 2 is 1.71 bits per heavy atom. The fourth-order valence-corrected chi connectivity index (χ4v) is 5.15. The van der Waals surface area contributed by atoms with Gasteiger partial charge in [0.15, 0.2) is 17.3 Å². The number of aromatic nitrogens is 2. The Balaban J connectivity index is 1.36. The number of ether oxygens (including phenoxy) is 4. The standard InChI is InChI=1S/C26H36N4O5/c1-14(2)23-26(31)29-22-15(3)27-21(28-25(22)30(23)4)10-16-8-17(9-16)13-35-18-11-19(32-5)24(34-7)20(12-18)33-6/h11-12,14,16-17,23H,8-10,13H2,1-7H3,(H,29,31)/t16?,17?,23-/m0/s1. The number of benzene rings is 1. The third-order valence-corrected chi connectivity index (χ3v) is 6.95. The van der Waals surface area contributed by atoms with Crippen LogP contribution in [0.15, 0.2) is 12.1 Å². The first-order valence-electron chi connectivity index (χ1n) is 12.1. The SMILES string of the molecule is COc1cc(OCC2CC(Cc3nc(C)c4c(n3)N(C)[C@@H](C(C)C)C(=O)N4)C2)cc(OC)c1OC. The zero-order chi connectivity index (χ0) is 25.3. The Labute approximate surface area is 207 Å². The molecule has 1 aromatic carbocycles. The number of hydrogen-bond donors (Lipinski definition) is 1. The molecule has 1 aliphatic carbocycles. The minimum atomic E-state index is -0.231. The van der Waals surface area contributed by atoms with Gasteiger partial charge in [-0.25, -0.2) is 9.97 Å². The lowest BCUT2D eigenvalue weighted by atomic mass is 9.73. The van der Waals surface area contributed by atoms with E-state index in [0.717, 1.165) is 42.3 Å². The van der Waals surface area contributed by atoms with Crippen LogP contribution in [-0.2, 0) is 11.2 Å². The van der Waals surface area contributed by atoms with Crippen LogP contribution in [0.2, 0.25) is 0 Å². The van der Waals surface area contributed by atoms with Crippen molar-refractivity contribution in [2.75, 3.05) is 45.2 Å². The maximum absolute atomic E-state index is 12.5. The van der Waals surface area contributed by atoms with Gasteiger partial charge in [-0.3, -0.25) is 4.79 Å². The van der Waals surface area contributed by atoms with E-state index in [2.05, 4.69) is 19.2 Å². The summed E-state index contributed by atoms with van der Waals surface area (Å²) in [5.41, 5.74) is 1.54. The van der Waals surface area contributed by atoms with Crippen LogP contribution in [0.25, 0.3) is 0 Å². The highest BCUT2D eigenvalue weighted by Gasteiger charge is 2.36. The highest BCUT2D eigenvalue weighted by molar-refractivity contribution is 6.03. The van der Waals surface area contributed by atoms with Crippen molar-refractivity contribution in [3.05, 3.63) is 23.7 Å². The van der Waals surface area contributed by atoms with Crippen LogP contribution in [0.3, 0.4) is 0 Å². The molecule has 4 rings (SSSR count). The normalized spacial score (nSPS) is 21.2. The smallest absolute Gasteiger partial charge is 0.247 e. The number of fused-ring (bicyclic) bond motifs is 1. The number of carbonyl (C=O) groups is 1. The number of aryl methyl sites for hydroxylation is 1. The number of nitrogens with zero attached hydrogens (tertiary/aromatic N) is 3. The van der Waals surface area contributed by atoms with Crippen LogP contribution in [0, 0.1) is 24.7 Å². The van der Waals surface area contributed by atoms with Gasteiger partial charge in [0.25, 0.3) is 0 Å². The summed E-state index contributed by atoms with van der Waals surface area (Å²) in [5.74, 6) is 5.23. The number of rotatable bonds is 9. The number of methoxy groups -OCH3 is 3. The molecule has 0 unspecified atom stereocenters. The third-order valence-electron chi connectivity index (χ3n) is 6.95. The number of nitrogens with one attached hydrogen (secondary N) is 1. The van der Waals surface area contributed by atoms with E-state index in [9.17, 15) is 4.79 Å². The molecule has 190 valence electrons. The van der Waals surface area contributed by atoms with Gasteiger partial charge in [-0.05, 0) is 37.5 Å². The second-order valence-electron chi connectivity index (χ2n) is 9.79. The summed E-state index contributed by atoms with van der Waals surface area (Å²) in [7, 11) is 6.71. The Hall–Kier alpha value is -3.23. The van der Waals surface area contributed by atoms with Gasteiger partial charge in [-0.15, -0.1) is 0 Å². The van der Waals surface area contributed by atoms with Crippen LogP contribution in [0.5, 0.6) is 23.0 Å². The van der Waals surface area contributed by atoms with E-state index >= 15 is 0 Å². The summed E-state index contributed by atoms with van der Waals surface area (Å²) in [6.45, 7) is 6.66. The minimum Gasteiger partial charge on any atom is -0.493 e. The van der Waals surface area contributed by atoms with Gasteiger partial charge in [0, 0.05) is 25.6 Å². The van der Waals surface area contributed by atoms with Gasteiger partial charge < -0.3 is 29.2 Å². The Bertz CT molecular complexity index is 1060. The van der Waals surface area contributed by atoms with Crippen LogP contribution in [0.1, 0.15) is 38.2 Å². The summed E-state index contributed by atoms with van der Waals surface area (Å²) in [6, 6.07) is 3.41. The first-order chi connectivity index (χ1) is 16.7. The van der Waals surface area contributed by atoms with Gasteiger partial charge in [-0.2, -0.15) is 0 Å². The summed E-state index contributed by atoms with van der Waals surface area (Å²) in [5, 5.41) is 3.01. The van der Waals surface area contributed by atoms with Crippen LogP contribution in [0.4, 0.5) is 11.5 Å². The van der Waals surface area contributed by atoms with Gasteiger partial charge in [0.1, 0.15) is 23.3 Å². The van der Waals surface area contributed by atoms with Crippen molar-refractivity contribution >= 4 is 17.4 Å². The second-order valence-corrected chi connectivity index (χ2v) is 9.79. The van der Waals surface area contributed by atoms with E-state index < -0.39 is 0 Å². The van der Waals surface area contributed by atoms with E-state index in [-0.39, 0.29) is 17.9 Å². The zero-order valence-corrected chi connectivity index (χ0v) is 21.7. The number of amides is 1. The largest absolute Gasteiger partial charge is 0.493 e. The third kappa shape index (κ3) is 4.94. The van der Waals surface area contributed by atoms with Crippen molar-refractivity contribution in [3.8, 4) is 23.0 Å². The van der Waals surface area contributed by atoms with Crippen LogP contribution >= 0.6 is 0 Å². The molecule has 1 amide bonds. The lowest BCUT2D eigenvalue weighted by Crippen LogP contribution is -2.49. The fraction of sp³-hybridized carbons (Fsp3) is 0.577. The predicted molar refractivity (Wildman–Crippen MR) is 134 cm³/mol. The minimum absolute atomic E-state index is 0.00313. The highest BCUT2D eigenvalue weighted by atomic mass is 16.5.